The van der Waals surface area contributed by atoms with Gasteiger partial charge in [0.15, 0.2) is 0 Å². The van der Waals surface area contributed by atoms with E-state index in [4.69, 9.17) is 4.74 Å². The second-order valence-electron chi connectivity index (χ2n) is 5.38. The first-order chi connectivity index (χ1) is 11.3. The van der Waals surface area contributed by atoms with Crippen LogP contribution in [-0.2, 0) is 22.4 Å². The monoisotopic (exact) mass is 325 g/mol. The van der Waals surface area contributed by atoms with Crippen LogP contribution in [-0.4, -0.2) is 17.6 Å². The number of aromatic nitrogens is 1. The molecule has 3 rings (SSSR count). The number of nitrogens with zero attached hydrogens (tertiary/aromatic N) is 1. The molecular weight excluding hydrogens is 306 g/mol. The molecule has 0 radical (unpaired) electrons. The smallest absolute Gasteiger partial charge is 0.305 e. The lowest BCUT2D eigenvalue weighted by molar-refractivity contribution is -0.143. The molecule has 0 bridgehead atoms. The highest BCUT2D eigenvalue weighted by Crippen LogP contribution is 2.22. The van der Waals surface area contributed by atoms with Crippen LogP contribution in [0.5, 0.6) is 0 Å². The number of thiazole rings is 1. The lowest BCUT2D eigenvalue weighted by atomic mass is 10.2. The first-order valence-electron chi connectivity index (χ1n) is 7.85. The molecule has 4 heteroatoms. The van der Waals surface area contributed by atoms with Gasteiger partial charge in [-0.15, -0.1) is 11.3 Å². The molecule has 0 atom stereocenters. The number of esters is 1. The average Bonchev–Trinajstić information content (AvgIpc) is 2.98. The summed E-state index contributed by atoms with van der Waals surface area (Å²) in [7, 11) is 0. The second-order valence-corrected chi connectivity index (χ2v) is 6.50. The summed E-state index contributed by atoms with van der Waals surface area (Å²) in [5, 5.41) is 1.09. The molecule has 0 aliphatic carbocycles. The molecule has 0 N–H and O–H groups in total. The van der Waals surface area contributed by atoms with Crippen LogP contribution >= 0.6 is 11.3 Å². The van der Waals surface area contributed by atoms with Crippen LogP contribution in [0.4, 0.5) is 0 Å². The Morgan fingerprint density at radius 3 is 2.61 bits per heavy atom. The van der Waals surface area contributed by atoms with Crippen molar-refractivity contribution < 1.29 is 9.53 Å². The van der Waals surface area contributed by atoms with Gasteiger partial charge in [-0.2, -0.15) is 0 Å². The summed E-state index contributed by atoms with van der Waals surface area (Å²) in [5.74, 6) is -0.123. The van der Waals surface area contributed by atoms with Crippen molar-refractivity contribution in [3.05, 3.63) is 65.2 Å². The van der Waals surface area contributed by atoms with E-state index < -0.39 is 0 Å². The normalized spacial score (nSPS) is 10.8. The lowest BCUT2D eigenvalue weighted by Gasteiger charge is -2.04. The Bertz CT molecular complexity index is 734. The van der Waals surface area contributed by atoms with Gasteiger partial charge >= 0.3 is 5.97 Å². The highest BCUT2D eigenvalue weighted by atomic mass is 32.1. The van der Waals surface area contributed by atoms with Gasteiger partial charge in [0, 0.05) is 12.8 Å². The summed E-state index contributed by atoms with van der Waals surface area (Å²) in [6, 6.07) is 18.2. The number of hydrogen-bond donors (Lipinski definition) is 0. The maximum absolute atomic E-state index is 11.8. The van der Waals surface area contributed by atoms with Crippen LogP contribution in [0.1, 0.15) is 23.4 Å². The standard InChI is InChI=1S/C19H19NO2S/c21-19(22-14-13-15-7-2-1-3-8-15)12-6-11-18-20-16-9-4-5-10-17(16)23-18/h1-5,7-10H,6,11-14H2. The molecule has 0 aliphatic heterocycles. The molecule has 0 saturated carbocycles. The molecule has 1 aromatic heterocycles. The summed E-state index contributed by atoms with van der Waals surface area (Å²) in [4.78, 5) is 16.3. The largest absolute Gasteiger partial charge is 0.465 e. The van der Waals surface area contributed by atoms with E-state index in [2.05, 4.69) is 11.1 Å². The summed E-state index contributed by atoms with van der Waals surface area (Å²) in [6.07, 6.45) is 2.83. The first-order valence-corrected chi connectivity index (χ1v) is 8.67. The van der Waals surface area contributed by atoms with Crippen molar-refractivity contribution in [2.75, 3.05) is 6.61 Å². The highest BCUT2D eigenvalue weighted by molar-refractivity contribution is 7.18. The Balaban J connectivity index is 1.37. The van der Waals surface area contributed by atoms with Crippen LogP contribution in [0.15, 0.2) is 54.6 Å². The van der Waals surface area contributed by atoms with Gasteiger partial charge in [-0.3, -0.25) is 4.79 Å². The van der Waals surface area contributed by atoms with Gasteiger partial charge in [0.1, 0.15) is 0 Å². The molecule has 2 aromatic carbocycles. The molecule has 3 aromatic rings. The van der Waals surface area contributed by atoms with Crippen molar-refractivity contribution in [3.63, 3.8) is 0 Å². The molecule has 0 amide bonds. The Hall–Kier alpha value is -2.20. The molecule has 0 aliphatic rings. The zero-order valence-corrected chi connectivity index (χ0v) is 13.7. The van der Waals surface area contributed by atoms with Crippen molar-refractivity contribution in [1.29, 1.82) is 0 Å². The molecular formula is C19H19NO2S. The van der Waals surface area contributed by atoms with Crippen molar-refractivity contribution in [2.45, 2.75) is 25.7 Å². The molecule has 0 fully saturated rings. The van der Waals surface area contributed by atoms with Crippen LogP contribution in [0.3, 0.4) is 0 Å². The minimum Gasteiger partial charge on any atom is -0.465 e. The number of carbonyl (C=O) groups excluding carboxylic acids is 1. The van der Waals surface area contributed by atoms with Crippen molar-refractivity contribution >= 4 is 27.5 Å². The van der Waals surface area contributed by atoms with Gasteiger partial charge in [-0.25, -0.2) is 4.98 Å². The van der Waals surface area contributed by atoms with Crippen LogP contribution in [0.25, 0.3) is 10.2 Å². The highest BCUT2D eigenvalue weighted by Gasteiger charge is 2.06. The molecule has 0 saturated heterocycles. The van der Waals surface area contributed by atoms with Gasteiger partial charge < -0.3 is 4.74 Å². The SMILES string of the molecule is O=C(CCCc1nc2ccccc2s1)OCCc1ccccc1. The molecule has 118 valence electrons. The fraction of sp³-hybridized carbons (Fsp3) is 0.263. The Kier molecular flexibility index (Phi) is 5.37. The molecule has 3 nitrogen and oxygen atoms in total. The molecule has 1 heterocycles. The number of carbonyl (C=O) groups is 1. The van der Waals surface area contributed by atoms with Gasteiger partial charge in [-0.1, -0.05) is 42.5 Å². The minimum atomic E-state index is -0.123. The predicted octanol–water partition coefficient (Wildman–Crippen LogP) is 4.40. The third-order valence-electron chi connectivity index (χ3n) is 3.61. The number of benzene rings is 2. The fourth-order valence-corrected chi connectivity index (χ4v) is 3.42. The van der Waals surface area contributed by atoms with E-state index in [0.29, 0.717) is 13.0 Å². The number of aryl methyl sites for hydroxylation is 1. The van der Waals surface area contributed by atoms with Gasteiger partial charge in [0.25, 0.3) is 0 Å². The van der Waals surface area contributed by atoms with Crippen molar-refractivity contribution in [2.24, 2.45) is 0 Å². The van der Waals surface area contributed by atoms with Crippen LogP contribution in [0.2, 0.25) is 0 Å². The maximum Gasteiger partial charge on any atom is 0.305 e. The third kappa shape index (κ3) is 4.63. The Labute approximate surface area is 139 Å². The Morgan fingerprint density at radius 1 is 1.00 bits per heavy atom. The summed E-state index contributed by atoms with van der Waals surface area (Å²) < 4.78 is 6.49. The summed E-state index contributed by atoms with van der Waals surface area (Å²) in [6.45, 7) is 0.448. The van der Waals surface area contributed by atoms with Crippen LogP contribution < -0.4 is 0 Å². The topological polar surface area (TPSA) is 39.2 Å². The quantitative estimate of drug-likeness (QED) is 0.604. The van der Waals surface area contributed by atoms with Crippen molar-refractivity contribution in [1.82, 2.24) is 4.98 Å². The maximum atomic E-state index is 11.8. The van der Waals surface area contributed by atoms with E-state index in [1.807, 2.05) is 48.5 Å². The van der Waals surface area contributed by atoms with Gasteiger partial charge in [-0.05, 0) is 30.5 Å². The lowest BCUT2D eigenvalue weighted by Crippen LogP contribution is -2.07. The second kappa shape index (κ2) is 7.88. The average molecular weight is 325 g/mol. The van der Waals surface area contributed by atoms with E-state index in [1.54, 1.807) is 11.3 Å². The summed E-state index contributed by atoms with van der Waals surface area (Å²) in [5.41, 5.74) is 2.23. The Morgan fingerprint density at radius 2 is 1.78 bits per heavy atom. The van der Waals surface area contributed by atoms with Gasteiger partial charge in [0.05, 0.1) is 21.8 Å². The molecule has 0 unspecified atom stereocenters. The predicted molar refractivity (Wildman–Crippen MR) is 93.7 cm³/mol. The fourth-order valence-electron chi connectivity index (χ4n) is 2.41. The zero-order valence-electron chi connectivity index (χ0n) is 12.9. The van der Waals surface area contributed by atoms with E-state index in [0.717, 1.165) is 29.8 Å². The third-order valence-corrected chi connectivity index (χ3v) is 4.70. The number of ether oxygens (including phenoxy) is 1. The van der Waals surface area contributed by atoms with E-state index in [9.17, 15) is 4.79 Å². The van der Waals surface area contributed by atoms with Crippen LogP contribution in [0, 0.1) is 0 Å². The number of fused-ring (bicyclic) bond motifs is 1. The molecule has 0 spiro atoms. The molecule has 23 heavy (non-hydrogen) atoms. The van der Waals surface area contributed by atoms with Crippen molar-refractivity contribution in [3.8, 4) is 0 Å². The number of para-hydroxylation sites is 1. The summed E-state index contributed by atoms with van der Waals surface area (Å²) >= 11 is 1.70. The van der Waals surface area contributed by atoms with E-state index in [1.165, 1.54) is 10.3 Å². The number of rotatable bonds is 7. The van der Waals surface area contributed by atoms with E-state index >= 15 is 0 Å². The first kappa shape index (κ1) is 15.7. The zero-order chi connectivity index (χ0) is 15.9. The minimum absolute atomic E-state index is 0.123. The van der Waals surface area contributed by atoms with E-state index in [-0.39, 0.29) is 5.97 Å². The van der Waals surface area contributed by atoms with Gasteiger partial charge in [0.2, 0.25) is 0 Å². The number of hydrogen-bond acceptors (Lipinski definition) is 4.